The van der Waals surface area contributed by atoms with Gasteiger partial charge < -0.3 is 0 Å². The zero-order chi connectivity index (χ0) is 29.6. The second kappa shape index (κ2) is 10.3. The number of rotatable bonds is 5. The molecule has 6 rings (SSSR count). The minimum absolute atomic E-state index is 0.00462. The first-order chi connectivity index (χ1) is 20.1. The standard InChI is InChI=1S/C33H29N5O3S/c1-22(39)31-35-37(26-13-10-14-27(21-26)38(40)41)33(42-31)29-16-9-8-15-28(29)30(34-36(33)25-11-6-5-7-12-25)23-17-19-24(20-18-23)32(2,3)4/h5-21H,1-4H3/t33-/m1/s1. The molecule has 8 nitrogen and oxygen atoms in total. The Labute approximate surface area is 248 Å². The summed E-state index contributed by atoms with van der Waals surface area (Å²) in [6.45, 7) is 8.03. The van der Waals surface area contributed by atoms with Gasteiger partial charge in [-0.2, -0.15) is 10.2 Å². The van der Waals surface area contributed by atoms with E-state index in [1.807, 2.05) is 59.6 Å². The average molecular weight is 576 g/mol. The number of Topliss-reactive ketones (excluding diaryl/α,β-unsaturated/α-hetero) is 1. The van der Waals surface area contributed by atoms with Crippen LogP contribution in [0.25, 0.3) is 0 Å². The number of carbonyl (C=O) groups excluding carboxylic acids is 1. The van der Waals surface area contributed by atoms with Crippen LogP contribution < -0.4 is 10.0 Å². The van der Waals surface area contributed by atoms with Crippen LogP contribution in [0.4, 0.5) is 17.1 Å². The molecule has 0 amide bonds. The van der Waals surface area contributed by atoms with Crippen LogP contribution in [0.3, 0.4) is 0 Å². The van der Waals surface area contributed by atoms with Gasteiger partial charge in [0, 0.05) is 35.7 Å². The maximum Gasteiger partial charge on any atom is 0.271 e. The molecule has 2 aliphatic heterocycles. The Bertz CT molecular complexity index is 1760. The van der Waals surface area contributed by atoms with E-state index < -0.39 is 9.92 Å². The molecule has 0 bridgehead atoms. The summed E-state index contributed by atoms with van der Waals surface area (Å²) in [5, 5.41) is 25.7. The predicted octanol–water partition coefficient (Wildman–Crippen LogP) is 7.43. The Morgan fingerprint density at radius 1 is 0.833 bits per heavy atom. The Hall–Kier alpha value is -4.76. The van der Waals surface area contributed by atoms with E-state index in [0.29, 0.717) is 5.69 Å². The number of non-ortho nitro benzene ring substituents is 1. The molecule has 2 heterocycles. The SMILES string of the molecule is CC(=O)C1=NN(c2cccc([N+](=O)[O-])c2)[C@@]2(S1)c1ccccc1C(c1ccc(C(C)(C)C)cc1)=NN2c1ccccc1. The quantitative estimate of drug-likeness (QED) is 0.182. The molecule has 0 aromatic heterocycles. The van der Waals surface area contributed by atoms with E-state index in [2.05, 4.69) is 45.0 Å². The van der Waals surface area contributed by atoms with Crippen molar-refractivity contribution in [2.45, 2.75) is 38.1 Å². The number of hydrogen-bond acceptors (Lipinski definition) is 8. The molecule has 9 heteroatoms. The second-order valence-corrected chi connectivity index (χ2v) is 12.4. The van der Waals surface area contributed by atoms with Crippen LogP contribution in [0, 0.1) is 10.1 Å². The van der Waals surface area contributed by atoms with Gasteiger partial charge in [0.05, 0.1) is 22.0 Å². The zero-order valence-electron chi connectivity index (χ0n) is 23.7. The summed E-state index contributed by atoms with van der Waals surface area (Å²) in [4.78, 5) is 23.0. The monoisotopic (exact) mass is 575 g/mol. The van der Waals surface area contributed by atoms with Gasteiger partial charge in [0.1, 0.15) is 0 Å². The molecule has 210 valence electrons. The fourth-order valence-corrected chi connectivity index (χ4v) is 6.51. The number of nitrogens with zero attached hydrogens (tertiary/aromatic N) is 5. The number of ketones is 1. The highest BCUT2D eigenvalue weighted by molar-refractivity contribution is 8.17. The second-order valence-electron chi connectivity index (χ2n) is 11.2. The Kier molecular flexibility index (Phi) is 6.69. The highest BCUT2D eigenvalue weighted by Gasteiger charge is 2.56. The third kappa shape index (κ3) is 4.55. The highest BCUT2D eigenvalue weighted by Crippen LogP contribution is 2.55. The van der Waals surface area contributed by atoms with Crippen LogP contribution in [0.5, 0.6) is 0 Å². The molecule has 1 spiro atoms. The lowest BCUT2D eigenvalue weighted by molar-refractivity contribution is -0.384. The highest BCUT2D eigenvalue weighted by atomic mass is 32.2. The normalized spacial score (nSPS) is 18.0. The van der Waals surface area contributed by atoms with Crippen molar-refractivity contribution in [1.82, 2.24) is 0 Å². The maximum absolute atomic E-state index is 12.8. The van der Waals surface area contributed by atoms with E-state index in [-0.39, 0.29) is 21.9 Å². The number of hydrazone groups is 2. The molecule has 2 aliphatic rings. The van der Waals surface area contributed by atoms with Gasteiger partial charge >= 0.3 is 0 Å². The molecular formula is C33H29N5O3S. The lowest BCUT2D eigenvalue weighted by Crippen LogP contribution is -2.54. The number of nitro benzene ring substituents is 1. The molecule has 0 aliphatic carbocycles. The Morgan fingerprint density at radius 3 is 2.14 bits per heavy atom. The lowest BCUT2D eigenvalue weighted by Gasteiger charge is -2.47. The first-order valence-electron chi connectivity index (χ1n) is 13.6. The van der Waals surface area contributed by atoms with Gasteiger partial charge in [0.15, 0.2) is 10.8 Å². The number of benzene rings is 4. The van der Waals surface area contributed by atoms with Crippen molar-refractivity contribution in [1.29, 1.82) is 0 Å². The minimum Gasteiger partial charge on any atom is -0.292 e. The summed E-state index contributed by atoms with van der Waals surface area (Å²) in [6, 6.07) is 32.4. The number of nitro groups is 1. The van der Waals surface area contributed by atoms with E-state index in [1.54, 1.807) is 17.1 Å². The van der Waals surface area contributed by atoms with Crippen LogP contribution >= 0.6 is 11.8 Å². The zero-order valence-corrected chi connectivity index (χ0v) is 24.5. The molecule has 42 heavy (non-hydrogen) atoms. The van der Waals surface area contributed by atoms with E-state index in [9.17, 15) is 14.9 Å². The number of fused-ring (bicyclic) bond motifs is 2. The van der Waals surface area contributed by atoms with Crippen LogP contribution in [-0.2, 0) is 15.2 Å². The van der Waals surface area contributed by atoms with Crippen molar-refractivity contribution >= 4 is 45.4 Å². The van der Waals surface area contributed by atoms with Gasteiger partial charge in [0.2, 0.25) is 4.99 Å². The molecule has 0 N–H and O–H groups in total. The first-order valence-corrected chi connectivity index (χ1v) is 14.4. The molecule has 0 radical (unpaired) electrons. The molecular weight excluding hydrogens is 546 g/mol. The molecule has 0 saturated carbocycles. The number of thioether (sulfide) groups is 1. The van der Waals surface area contributed by atoms with Crippen LogP contribution in [-0.4, -0.2) is 21.5 Å². The molecule has 4 aromatic carbocycles. The third-order valence-electron chi connectivity index (χ3n) is 7.35. The minimum atomic E-state index is -1.18. The van der Waals surface area contributed by atoms with E-state index >= 15 is 0 Å². The van der Waals surface area contributed by atoms with Gasteiger partial charge in [-0.3, -0.25) is 14.9 Å². The van der Waals surface area contributed by atoms with Gasteiger partial charge in [-0.1, -0.05) is 93.6 Å². The Morgan fingerprint density at radius 2 is 1.48 bits per heavy atom. The summed E-state index contributed by atoms with van der Waals surface area (Å²) < 4.78 is 0. The summed E-state index contributed by atoms with van der Waals surface area (Å²) in [5.41, 5.74) is 5.86. The predicted molar refractivity (Wildman–Crippen MR) is 169 cm³/mol. The lowest BCUT2D eigenvalue weighted by atomic mass is 9.85. The number of hydrogen-bond donors (Lipinski definition) is 0. The number of carbonyl (C=O) groups is 1. The molecule has 0 fully saturated rings. The summed E-state index contributed by atoms with van der Waals surface area (Å²) in [5.74, 6) is -0.203. The molecule has 0 unspecified atom stereocenters. The van der Waals surface area contributed by atoms with Crippen molar-refractivity contribution in [3.63, 3.8) is 0 Å². The van der Waals surface area contributed by atoms with Crippen molar-refractivity contribution in [2.75, 3.05) is 10.0 Å². The fourth-order valence-electron chi connectivity index (χ4n) is 5.23. The molecule has 1 atom stereocenters. The third-order valence-corrected chi connectivity index (χ3v) is 8.76. The van der Waals surface area contributed by atoms with Crippen molar-refractivity contribution in [2.24, 2.45) is 10.2 Å². The van der Waals surface area contributed by atoms with Gasteiger partial charge in [-0.15, -0.1) is 0 Å². The van der Waals surface area contributed by atoms with E-state index in [4.69, 9.17) is 10.2 Å². The van der Waals surface area contributed by atoms with Gasteiger partial charge in [0.25, 0.3) is 5.69 Å². The average Bonchev–Trinajstić information content (AvgIpc) is 3.39. The van der Waals surface area contributed by atoms with Crippen molar-refractivity contribution < 1.29 is 9.72 Å². The van der Waals surface area contributed by atoms with E-state index in [1.165, 1.54) is 36.4 Å². The summed E-state index contributed by atoms with van der Waals surface area (Å²) in [7, 11) is 0. The van der Waals surface area contributed by atoms with Crippen LogP contribution in [0.15, 0.2) is 113 Å². The van der Waals surface area contributed by atoms with Crippen LogP contribution in [0.2, 0.25) is 0 Å². The van der Waals surface area contributed by atoms with Crippen molar-refractivity contribution in [3.05, 3.63) is 135 Å². The van der Waals surface area contributed by atoms with Crippen LogP contribution in [0.1, 0.15) is 49.9 Å². The largest absolute Gasteiger partial charge is 0.292 e. The van der Waals surface area contributed by atoms with Gasteiger partial charge in [-0.25, -0.2) is 10.0 Å². The summed E-state index contributed by atoms with van der Waals surface area (Å²) in [6.07, 6.45) is 0. The smallest absolute Gasteiger partial charge is 0.271 e. The first kappa shape index (κ1) is 27.4. The molecule has 0 saturated heterocycles. The fraction of sp³-hybridized carbons (Fsp3) is 0.182. The number of para-hydroxylation sites is 1. The number of anilines is 2. The topological polar surface area (TPSA) is 91.4 Å². The Balaban J connectivity index is 1.63. The summed E-state index contributed by atoms with van der Waals surface area (Å²) >= 11 is 1.28. The van der Waals surface area contributed by atoms with E-state index in [0.717, 1.165) is 28.1 Å². The van der Waals surface area contributed by atoms with Crippen molar-refractivity contribution in [3.8, 4) is 0 Å². The molecule has 4 aromatic rings. The maximum atomic E-state index is 12.8. The van der Waals surface area contributed by atoms with Gasteiger partial charge in [-0.05, 0) is 40.9 Å².